The summed E-state index contributed by atoms with van der Waals surface area (Å²) < 4.78 is 75.6. The molecule has 0 spiro atoms. The van der Waals surface area contributed by atoms with Crippen molar-refractivity contribution in [1.82, 2.24) is 15.0 Å². The molecule has 1 N–H and O–H groups in total. The molecular weight excluding hydrogens is 338 g/mol. The first-order valence-electron chi connectivity index (χ1n) is 11.0. The number of methoxy groups -OCH3 is 1. The molecule has 132 valence electrons. The Bertz CT molecular complexity index is 1120. The summed E-state index contributed by atoms with van der Waals surface area (Å²) in [6.45, 7) is 2.02. The van der Waals surface area contributed by atoms with Crippen molar-refractivity contribution in [3.8, 4) is 5.75 Å². The number of para-hydroxylation sites is 2. The van der Waals surface area contributed by atoms with Gasteiger partial charge in [-0.2, -0.15) is 0 Å². The molecule has 0 aliphatic carbocycles. The second-order valence-electron chi connectivity index (χ2n) is 5.19. The average molecular weight is 366 g/mol. The second-order valence-corrected chi connectivity index (χ2v) is 6.55. The largest absolute Gasteiger partial charge is 0.493 e. The molecule has 0 fully saturated rings. The fraction of sp³-hybridized carbons (Fsp3) is 0.333. The summed E-state index contributed by atoms with van der Waals surface area (Å²) in [6, 6.07) is 0.280. The molecule has 7 heteroatoms. The molecule has 2 heterocycles. The number of hydrogen-bond donors (Lipinski definition) is 1. The number of nitrogens with one attached hydrogen (secondary N) is 1. The Morgan fingerprint density at radius 1 is 1.36 bits per heavy atom. The van der Waals surface area contributed by atoms with Crippen molar-refractivity contribution >= 4 is 21.8 Å². The van der Waals surface area contributed by atoms with E-state index in [1.165, 1.54) is 6.20 Å². The lowest BCUT2D eigenvalue weighted by Gasteiger charge is -2.11. The predicted molar refractivity (Wildman–Crippen MR) is 97.2 cm³/mol. The van der Waals surface area contributed by atoms with Gasteiger partial charge in [-0.25, -0.2) is 4.98 Å². The first kappa shape index (κ1) is 10.7. The number of rotatable bonds is 8. The number of ether oxygens (including phenoxy) is 2. The van der Waals surface area contributed by atoms with Gasteiger partial charge in [-0.15, -0.1) is 0 Å². The molecule has 1 unspecified atom stereocenters. The minimum atomic E-state index is -2.44. The van der Waals surface area contributed by atoms with Gasteiger partial charge < -0.3 is 14.5 Å². The predicted octanol–water partition coefficient (Wildman–Crippen LogP) is 2.99. The third-order valence-corrected chi connectivity index (χ3v) is 4.66. The highest BCUT2D eigenvalue weighted by atomic mass is 32.2. The van der Waals surface area contributed by atoms with Crippen LogP contribution in [0.4, 0.5) is 0 Å². The summed E-state index contributed by atoms with van der Waals surface area (Å²) in [6.07, 6.45) is 1.89. The second kappa shape index (κ2) is 8.22. The summed E-state index contributed by atoms with van der Waals surface area (Å²) in [4.78, 5) is 11.1. The molecule has 0 saturated heterocycles. The standard InChI is InChI=1S/C18H21N3O3S/c1-13-16(19-9-8-17(13)24-11-5-10-23-2)12-25(22)18-20-14-6-3-4-7-15(14)21-18/h3-4,6-9H,5,10-12H2,1-2H3,(H,20,21)/i2D3,3D,4D,6D,7D. The molecule has 0 aliphatic rings. The van der Waals surface area contributed by atoms with E-state index in [1.807, 2.05) is 0 Å². The number of benzene rings is 1. The number of fused-ring (bicyclic) bond motifs is 1. The third-order valence-electron chi connectivity index (χ3n) is 3.50. The first-order chi connectivity index (χ1) is 15.0. The van der Waals surface area contributed by atoms with Crippen LogP contribution in [0.25, 0.3) is 11.0 Å². The maximum absolute atomic E-state index is 12.9. The molecule has 0 bridgehead atoms. The zero-order chi connectivity index (χ0) is 23.6. The van der Waals surface area contributed by atoms with E-state index in [4.69, 9.17) is 14.3 Å². The van der Waals surface area contributed by atoms with Crippen LogP contribution in [-0.2, 0) is 21.3 Å². The molecular formula is C18H21N3O3S. The Balaban J connectivity index is 1.72. The Morgan fingerprint density at radius 3 is 3.12 bits per heavy atom. The molecule has 6 nitrogen and oxygen atoms in total. The highest BCUT2D eigenvalue weighted by Crippen LogP contribution is 2.22. The van der Waals surface area contributed by atoms with E-state index in [9.17, 15) is 4.21 Å². The molecule has 0 saturated carbocycles. The fourth-order valence-electron chi connectivity index (χ4n) is 2.19. The van der Waals surface area contributed by atoms with Gasteiger partial charge in [0.05, 0.1) is 49.5 Å². The number of hydrogen-bond acceptors (Lipinski definition) is 5. The molecule has 1 atom stereocenters. The smallest absolute Gasteiger partial charge is 0.197 e. The molecule has 2 aromatic heterocycles. The molecule has 1 aromatic carbocycles. The van der Waals surface area contributed by atoms with Crippen LogP contribution < -0.4 is 4.74 Å². The molecule has 3 rings (SSSR count). The van der Waals surface area contributed by atoms with Crippen molar-refractivity contribution in [3.63, 3.8) is 0 Å². The number of pyridine rings is 1. The SMILES string of the molecule is [2H]c1c([2H])c([2H])c2[nH]c(S(=O)Cc3nccc(OCCCOC([2H])([2H])[2H])c3C)nc2c1[2H]. The zero-order valence-electron chi connectivity index (χ0n) is 20.5. The van der Waals surface area contributed by atoms with Gasteiger partial charge in [0.25, 0.3) is 0 Å². The minimum absolute atomic E-state index is 0.00680. The van der Waals surface area contributed by atoms with E-state index in [2.05, 4.69) is 19.7 Å². The van der Waals surface area contributed by atoms with Gasteiger partial charge in [0, 0.05) is 31.8 Å². The van der Waals surface area contributed by atoms with Gasteiger partial charge in [-0.05, 0) is 25.1 Å². The van der Waals surface area contributed by atoms with E-state index in [-0.39, 0.29) is 47.2 Å². The normalized spacial score (nSPS) is 16.9. The summed E-state index contributed by atoms with van der Waals surface area (Å²) in [5.74, 6) is 0.512. The summed E-state index contributed by atoms with van der Waals surface area (Å²) in [5.41, 5.74) is 1.29. The van der Waals surface area contributed by atoms with Crippen LogP contribution in [0, 0.1) is 6.92 Å². The Morgan fingerprint density at radius 2 is 2.24 bits per heavy atom. The summed E-state index contributed by atoms with van der Waals surface area (Å²) >= 11 is 0. The van der Waals surface area contributed by atoms with Gasteiger partial charge in [-0.1, -0.05) is 12.1 Å². The summed E-state index contributed by atoms with van der Waals surface area (Å²) in [5, 5.41) is 0.0290. The lowest BCUT2D eigenvalue weighted by molar-refractivity contribution is 0.172. The van der Waals surface area contributed by atoms with Crippen LogP contribution in [-0.4, -0.2) is 39.4 Å². The van der Waals surface area contributed by atoms with E-state index >= 15 is 0 Å². The van der Waals surface area contributed by atoms with E-state index in [1.54, 1.807) is 13.0 Å². The van der Waals surface area contributed by atoms with E-state index in [0.717, 1.165) is 0 Å². The number of imidazole rings is 1. The van der Waals surface area contributed by atoms with Crippen LogP contribution in [0.2, 0.25) is 0 Å². The molecule has 0 aliphatic heterocycles. The van der Waals surface area contributed by atoms with Gasteiger partial charge in [0.15, 0.2) is 5.16 Å². The fourth-order valence-corrected chi connectivity index (χ4v) is 3.28. The lowest BCUT2D eigenvalue weighted by atomic mass is 10.2. The molecule has 3 aromatic rings. The maximum Gasteiger partial charge on any atom is 0.197 e. The minimum Gasteiger partial charge on any atom is -0.493 e. The van der Waals surface area contributed by atoms with Crippen molar-refractivity contribution in [2.45, 2.75) is 24.3 Å². The Kier molecular flexibility index (Phi) is 3.51. The number of aromatic amines is 1. The Labute approximate surface area is 158 Å². The van der Waals surface area contributed by atoms with Gasteiger partial charge in [-0.3, -0.25) is 9.19 Å². The van der Waals surface area contributed by atoms with Crippen LogP contribution in [0.1, 0.15) is 27.3 Å². The molecule has 25 heavy (non-hydrogen) atoms. The topological polar surface area (TPSA) is 77.1 Å². The van der Waals surface area contributed by atoms with E-state index < -0.39 is 29.9 Å². The lowest BCUT2D eigenvalue weighted by Crippen LogP contribution is -2.06. The zero-order valence-corrected chi connectivity index (χ0v) is 14.3. The van der Waals surface area contributed by atoms with Gasteiger partial charge in [0.2, 0.25) is 0 Å². The van der Waals surface area contributed by atoms with Crippen molar-refractivity contribution in [2.24, 2.45) is 0 Å². The Hall–Kier alpha value is -2.25. The van der Waals surface area contributed by atoms with Crippen LogP contribution in [0.5, 0.6) is 5.75 Å². The first-order valence-corrected chi connectivity index (χ1v) is 8.87. The van der Waals surface area contributed by atoms with Crippen molar-refractivity contribution in [2.75, 3.05) is 20.3 Å². The quantitative estimate of drug-likeness (QED) is 0.620. The number of H-pyrrole nitrogens is 1. The number of nitrogens with zero attached hydrogens (tertiary/aromatic N) is 2. The van der Waals surface area contributed by atoms with Crippen LogP contribution in [0.3, 0.4) is 0 Å². The average Bonchev–Trinajstić information content (AvgIpc) is 3.18. The summed E-state index contributed by atoms with van der Waals surface area (Å²) in [7, 11) is -4.13. The van der Waals surface area contributed by atoms with Gasteiger partial charge in [0.1, 0.15) is 5.75 Å². The van der Waals surface area contributed by atoms with Crippen LogP contribution >= 0.6 is 0 Å². The maximum atomic E-state index is 12.9. The van der Waals surface area contributed by atoms with E-state index in [0.29, 0.717) is 23.4 Å². The highest BCUT2D eigenvalue weighted by Gasteiger charge is 2.14. The third kappa shape index (κ3) is 4.24. The van der Waals surface area contributed by atoms with Gasteiger partial charge >= 0.3 is 0 Å². The number of aromatic nitrogens is 3. The van der Waals surface area contributed by atoms with Crippen molar-refractivity contribution in [3.05, 3.63) is 47.7 Å². The molecule has 0 amide bonds. The molecule has 0 radical (unpaired) electrons. The highest BCUT2D eigenvalue weighted by molar-refractivity contribution is 7.84. The van der Waals surface area contributed by atoms with Crippen molar-refractivity contribution < 1.29 is 23.3 Å². The van der Waals surface area contributed by atoms with Crippen LogP contribution in [0.15, 0.2) is 41.6 Å². The monoisotopic (exact) mass is 366 g/mol. The van der Waals surface area contributed by atoms with Crippen molar-refractivity contribution in [1.29, 1.82) is 0 Å².